The highest BCUT2D eigenvalue weighted by atomic mass is 32.2. The van der Waals surface area contributed by atoms with Gasteiger partial charge in [0.2, 0.25) is 21.8 Å². The van der Waals surface area contributed by atoms with Crippen LogP contribution in [0.25, 0.3) is 0 Å². The molecule has 2 saturated heterocycles. The summed E-state index contributed by atoms with van der Waals surface area (Å²) in [5, 5.41) is 2.75. The fraction of sp³-hybridized carbons (Fsp3) is 0.600. The zero-order chi connectivity index (χ0) is 20.4. The summed E-state index contributed by atoms with van der Waals surface area (Å²) in [6.45, 7) is 2.36. The highest BCUT2D eigenvalue weighted by Gasteiger charge is 2.34. The Kier molecular flexibility index (Phi) is 6.17. The van der Waals surface area contributed by atoms with Crippen LogP contribution in [0.3, 0.4) is 0 Å². The van der Waals surface area contributed by atoms with Crippen LogP contribution in [-0.4, -0.2) is 61.4 Å². The maximum absolute atomic E-state index is 13.1. The minimum absolute atomic E-state index is 0.0845. The summed E-state index contributed by atoms with van der Waals surface area (Å²) in [5.74, 6) is 0.332. The molecule has 158 valence electrons. The van der Waals surface area contributed by atoms with Gasteiger partial charge in [-0.2, -0.15) is 4.31 Å². The minimum Gasteiger partial charge on any atom is -0.342 e. The minimum atomic E-state index is -3.64. The summed E-state index contributed by atoms with van der Waals surface area (Å²) in [6, 6.07) is 4.90. The largest absolute Gasteiger partial charge is 0.342 e. The van der Waals surface area contributed by atoms with Gasteiger partial charge in [-0.05, 0) is 43.9 Å². The van der Waals surface area contributed by atoms with Crippen LogP contribution in [-0.2, 0) is 19.6 Å². The first-order valence-electron chi connectivity index (χ1n) is 10.3. The topological polar surface area (TPSA) is 86.8 Å². The zero-order valence-corrected chi connectivity index (χ0v) is 18.1. The highest BCUT2D eigenvalue weighted by molar-refractivity contribution is 8.00. The summed E-state index contributed by atoms with van der Waals surface area (Å²) in [6.07, 6.45) is 5.61. The number of thioether (sulfide) groups is 1. The Morgan fingerprint density at radius 3 is 2.41 bits per heavy atom. The van der Waals surface area contributed by atoms with Crippen molar-refractivity contribution in [3.8, 4) is 0 Å². The third kappa shape index (κ3) is 4.46. The Morgan fingerprint density at radius 1 is 1.03 bits per heavy atom. The molecular formula is C20H27N3O4S2. The van der Waals surface area contributed by atoms with Gasteiger partial charge in [0.15, 0.2) is 0 Å². The lowest BCUT2D eigenvalue weighted by molar-refractivity contribution is -0.136. The lowest BCUT2D eigenvalue weighted by atomic mass is 9.96. The molecule has 3 heterocycles. The highest BCUT2D eigenvalue weighted by Crippen LogP contribution is 2.34. The fourth-order valence-electron chi connectivity index (χ4n) is 4.26. The molecule has 3 aliphatic heterocycles. The van der Waals surface area contributed by atoms with Gasteiger partial charge in [-0.1, -0.05) is 12.8 Å². The van der Waals surface area contributed by atoms with Gasteiger partial charge < -0.3 is 10.2 Å². The van der Waals surface area contributed by atoms with E-state index in [0.29, 0.717) is 37.4 Å². The maximum Gasteiger partial charge on any atom is 0.243 e. The van der Waals surface area contributed by atoms with Gasteiger partial charge in [0.1, 0.15) is 0 Å². The van der Waals surface area contributed by atoms with Crippen LogP contribution in [0, 0.1) is 5.92 Å². The zero-order valence-electron chi connectivity index (χ0n) is 16.4. The molecule has 2 amide bonds. The SMILES string of the molecule is O=C1CSc2ccc(S(=O)(=O)N3CCC(C(=O)N4CCCCCC4)CC3)cc2N1. The van der Waals surface area contributed by atoms with Crippen molar-refractivity contribution in [1.29, 1.82) is 0 Å². The number of rotatable bonds is 3. The molecular weight excluding hydrogens is 410 g/mol. The van der Waals surface area contributed by atoms with Gasteiger partial charge in [0.25, 0.3) is 0 Å². The van der Waals surface area contributed by atoms with Crippen molar-refractivity contribution in [3.63, 3.8) is 0 Å². The predicted octanol–water partition coefficient (Wildman–Crippen LogP) is 2.53. The molecule has 0 radical (unpaired) electrons. The number of hydrogen-bond donors (Lipinski definition) is 1. The maximum atomic E-state index is 13.1. The molecule has 3 aliphatic rings. The standard InChI is InChI=1S/C20H27N3O4S2/c24-19-14-28-18-6-5-16(13-17(18)21-19)29(26,27)23-11-7-15(8-12-23)20(25)22-9-3-1-2-4-10-22/h5-6,13,15H,1-4,7-12,14H2,(H,21,24). The second-order valence-electron chi connectivity index (χ2n) is 7.91. The average Bonchev–Trinajstić information content (AvgIpc) is 3.02. The number of benzene rings is 1. The van der Waals surface area contributed by atoms with Gasteiger partial charge in [-0.3, -0.25) is 9.59 Å². The number of hydrogen-bond acceptors (Lipinski definition) is 5. The molecule has 0 unspecified atom stereocenters. The smallest absolute Gasteiger partial charge is 0.243 e. The molecule has 1 N–H and O–H groups in total. The molecule has 1 aromatic carbocycles. The van der Waals surface area contributed by atoms with E-state index in [-0.39, 0.29) is 22.6 Å². The monoisotopic (exact) mass is 437 g/mol. The van der Waals surface area contributed by atoms with Gasteiger partial charge in [-0.25, -0.2) is 8.42 Å². The number of sulfonamides is 1. The van der Waals surface area contributed by atoms with E-state index in [1.807, 2.05) is 4.90 Å². The summed E-state index contributed by atoms with van der Waals surface area (Å²) in [4.78, 5) is 27.5. The summed E-state index contributed by atoms with van der Waals surface area (Å²) in [7, 11) is -3.64. The van der Waals surface area contributed by atoms with Crippen molar-refractivity contribution < 1.29 is 18.0 Å². The van der Waals surface area contributed by atoms with Crippen LogP contribution in [0.4, 0.5) is 5.69 Å². The Morgan fingerprint density at radius 2 is 1.72 bits per heavy atom. The molecule has 2 fully saturated rings. The molecule has 0 aromatic heterocycles. The number of likely N-dealkylation sites (tertiary alicyclic amines) is 1. The van der Waals surface area contributed by atoms with Crippen LogP contribution < -0.4 is 5.32 Å². The van der Waals surface area contributed by atoms with E-state index < -0.39 is 10.0 Å². The first kappa shape index (κ1) is 20.7. The van der Waals surface area contributed by atoms with E-state index in [1.165, 1.54) is 28.9 Å². The molecule has 9 heteroatoms. The van der Waals surface area contributed by atoms with Crippen molar-refractivity contribution in [2.24, 2.45) is 5.92 Å². The Balaban J connectivity index is 1.42. The lowest BCUT2D eigenvalue weighted by Gasteiger charge is -2.33. The quantitative estimate of drug-likeness (QED) is 0.785. The predicted molar refractivity (Wildman–Crippen MR) is 112 cm³/mol. The van der Waals surface area contributed by atoms with E-state index in [2.05, 4.69) is 5.32 Å². The molecule has 1 aromatic rings. The molecule has 0 atom stereocenters. The first-order chi connectivity index (χ1) is 13.9. The second-order valence-corrected chi connectivity index (χ2v) is 10.9. The van der Waals surface area contributed by atoms with Gasteiger partial charge in [0.05, 0.1) is 16.3 Å². The van der Waals surface area contributed by atoms with E-state index in [0.717, 1.165) is 30.8 Å². The van der Waals surface area contributed by atoms with E-state index in [9.17, 15) is 18.0 Å². The number of fused-ring (bicyclic) bond motifs is 1. The van der Waals surface area contributed by atoms with Crippen LogP contribution in [0.15, 0.2) is 28.0 Å². The van der Waals surface area contributed by atoms with Gasteiger partial charge in [-0.15, -0.1) is 11.8 Å². The van der Waals surface area contributed by atoms with Crippen LogP contribution in [0.2, 0.25) is 0 Å². The molecule has 29 heavy (non-hydrogen) atoms. The number of carbonyl (C=O) groups excluding carboxylic acids is 2. The van der Waals surface area contributed by atoms with Crippen LogP contribution >= 0.6 is 11.8 Å². The second kappa shape index (κ2) is 8.65. The van der Waals surface area contributed by atoms with Crippen molar-refractivity contribution in [2.75, 3.05) is 37.2 Å². The number of anilines is 1. The average molecular weight is 438 g/mol. The van der Waals surface area contributed by atoms with Gasteiger partial charge >= 0.3 is 0 Å². The van der Waals surface area contributed by atoms with Crippen LogP contribution in [0.5, 0.6) is 0 Å². The van der Waals surface area contributed by atoms with Crippen LogP contribution in [0.1, 0.15) is 38.5 Å². The third-order valence-electron chi connectivity index (χ3n) is 5.94. The molecule has 4 rings (SSSR count). The van der Waals surface area contributed by atoms with E-state index in [1.54, 1.807) is 18.2 Å². The number of nitrogens with zero attached hydrogens (tertiary/aromatic N) is 2. The van der Waals surface area contributed by atoms with E-state index in [4.69, 9.17) is 0 Å². The summed E-state index contributed by atoms with van der Waals surface area (Å²) >= 11 is 1.41. The number of piperidine rings is 1. The Bertz CT molecular complexity index is 887. The summed E-state index contributed by atoms with van der Waals surface area (Å²) in [5.41, 5.74) is 0.554. The molecule has 0 aliphatic carbocycles. The number of nitrogens with one attached hydrogen (secondary N) is 1. The van der Waals surface area contributed by atoms with E-state index >= 15 is 0 Å². The Labute approximate surface area is 176 Å². The third-order valence-corrected chi connectivity index (χ3v) is 8.91. The lowest BCUT2D eigenvalue weighted by Crippen LogP contribution is -2.44. The molecule has 0 bridgehead atoms. The Hall–Kier alpha value is -1.58. The van der Waals surface area contributed by atoms with Crippen molar-refractivity contribution in [3.05, 3.63) is 18.2 Å². The number of carbonyl (C=O) groups is 2. The molecule has 0 saturated carbocycles. The summed E-state index contributed by atoms with van der Waals surface area (Å²) < 4.78 is 27.6. The molecule has 0 spiro atoms. The van der Waals surface area contributed by atoms with Gasteiger partial charge in [0, 0.05) is 37.0 Å². The van der Waals surface area contributed by atoms with Crippen molar-refractivity contribution >= 4 is 39.3 Å². The molecule has 7 nitrogen and oxygen atoms in total. The normalized spacial score (nSPS) is 21.9. The number of amides is 2. The fourth-order valence-corrected chi connectivity index (χ4v) is 6.55. The first-order valence-corrected chi connectivity index (χ1v) is 12.7. The van der Waals surface area contributed by atoms with Crippen molar-refractivity contribution in [1.82, 2.24) is 9.21 Å². The van der Waals surface area contributed by atoms with Crippen molar-refractivity contribution in [2.45, 2.75) is 48.3 Å².